The summed E-state index contributed by atoms with van der Waals surface area (Å²) in [5.74, 6) is 3.14. The Morgan fingerprint density at radius 3 is 2.35 bits per heavy atom. The van der Waals surface area contributed by atoms with E-state index in [0.29, 0.717) is 19.1 Å². The minimum Gasteiger partial charge on any atom is -0.486 e. The zero-order chi connectivity index (χ0) is 16.6. The first-order valence-corrected chi connectivity index (χ1v) is 8.51. The lowest BCUT2D eigenvalue weighted by molar-refractivity contribution is 0.172. The first kappa shape index (κ1) is 16.1. The highest BCUT2D eigenvalue weighted by Crippen LogP contribution is 2.36. The molecule has 3 rings (SSSR count). The van der Waals surface area contributed by atoms with E-state index in [4.69, 9.17) is 20.2 Å². The van der Waals surface area contributed by atoms with Crippen molar-refractivity contribution in [3.05, 3.63) is 18.0 Å². The number of benzene rings is 1. The first-order valence-electron chi connectivity index (χ1n) is 8.51. The monoisotopic (exact) mass is 317 g/mol. The predicted molar refractivity (Wildman–Crippen MR) is 92.3 cm³/mol. The molecule has 1 aliphatic heterocycles. The number of imidazole rings is 1. The zero-order valence-corrected chi connectivity index (χ0v) is 14.6. The fraction of sp³-hybridized carbons (Fsp3) is 0.611. The summed E-state index contributed by atoms with van der Waals surface area (Å²) in [6.07, 6.45) is 2.13. The van der Waals surface area contributed by atoms with Crippen molar-refractivity contribution < 1.29 is 9.47 Å². The Labute approximate surface area is 137 Å². The number of nitrogens with zero attached hydrogens (tertiary/aromatic N) is 2. The van der Waals surface area contributed by atoms with Gasteiger partial charge in [0, 0.05) is 30.1 Å². The van der Waals surface area contributed by atoms with Crippen LogP contribution < -0.4 is 15.2 Å². The largest absolute Gasteiger partial charge is 0.486 e. The molecule has 0 saturated heterocycles. The van der Waals surface area contributed by atoms with Crippen molar-refractivity contribution in [3.8, 4) is 11.5 Å². The summed E-state index contributed by atoms with van der Waals surface area (Å²) < 4.78 is 13.7. The van der Waals surface area contributed by atoms with Gasteiger partial charge in [0.1, 0.15) is 19.0 Å². The molecule has 23 heavy (non-hydrogen) atoms. The normalized spacial score (nSPS) is 14.7. The maximum atomic E-state index is 6.30. The third-order valence-corrected chi connectivity index (χ3v) is 4.36. The van der Waals surface area contributed by atoms with Gasteiger partial charge in [-0.1, -0.05) is 13.8 Å². The molecule has 1 aromatic carbocycles. The lowest BCUT2D eigenvalue weighted by Gasteiger charge is -2.24. The van der Waals surface area contributed by atoms with Crippen LogP contribution in [0.25, 0.3) is 11.0 Å². The summed E-state index contributed by atoms with van der Waals surface area (Å²) in [7, 11) is 0. The SMILES string of the molecule is CCC(CC)c1nc2cc3c(cc2n1CC(C)(C)N)OCCO3. The molecule has 0 saturated carbocycles. The number of nitrogens with two attached hydrogens (primary N) is 1. The second kappa shape index (κ2) is 6.04. The van der Waals surface area contributed by atoms with Crippen LogP contribution in [0.5, 0.6) is 11.5 Å². The van der Waals surface area contributed by atoms with Gasteiger partial charge in [0.05, 0.1) is 11.0 Å². The van der Waals surface area contributed by atoms with Gasteiger partial charge in [-0.3, -0.25) is 0 Å². The average Bonchev–Trinajstić information content (AvgIpc) is 2.82. The number of hydrogen-bond donors (Lipinski definition) is 1. The van der Waals surface area contributed by atoms with Crippen LogP contribution in [-0.2, 0) is 6.54 Å². The Morgan fingerprint density at radius 1 is 1.17 bits per heavy atom. The van der Waals surface area contributed by atoms with Gasteiger partial charge in [-0.25, -0.2) is 4.98 Å². The highest BCUT2D eigenvalue weighted by atomic mass is 16.6. The zero-order valence-electron chi connectivity index (χ0n) is 14.6. The van der Waals surface area contributed by atoms with E-state index in [-0.39, 0.29) is 5.54 Å². The maximum Gasteiger partial charge on any atom is 0.163 e. The second-order valence-corrected chi connectivity index (χ2v) is 7.04. The van der Waals surface area contributed by atoms with E-state index in [1.54, 1.807) is 0 Å². The van der Waals surface area contributed by atoms with Crippen LogP contribution >= 0.6 is 0 Å². The van der Waals surface area contributed by atoms with Crippen LogP contribution in [0.4, 0.5) is 0 Å². The maximum absolute atomic E-state index is 6.30. The standard InChI is InChI=1S/C18H27N3O2/c1-5-12(6-2)17-20-13-9-15-16(23-8-7-22-15)10-14(13)21(17)11-18(3,4)19/h9-10,12H,5-8,11,19H2,1-4H3. The number of hydrogen-bond acceptors (Lipinski definition) is 4. The van der Waals surface area contributed by atoms with Crippen LogP contribution in [0.1, 0.15) is 52.3 Å². The topological polar surface area (TPSA) is 62.3 Å². The molecule has 0 amide bonds. The molecule has 126 valence electrons. The average molecular weight is 317 g/mol. The number of aromatic nitrogens is 2. The van der Waals surface area contributed by atoms with E-state index in [2.05, 4.69) is 24.5 Å². The molecule has 5 heteroatoms. The van der Waals surface area contributed by atoms with Gasteiger partial charge in [0.25, 0.3) is 0 Å². The molecule has 0 unspecified atom stereocenters. The van der Waals surface area contributed by atoms with Crippen molar-refractivity contribution in [2.45, 2.75) is 58.5 Å². The quantitative estimate of drug-likeness (QED) is 0.917. The van der Waals surface area contributed by atoms with Crippen LogP contribution in [0.2, 0.25) is 0 Å². The number of fused-ring (bicyclic) bond motifs is 2. The molecule has 0 fully saturated rings. The van der Waals surface area contributed by atoms with E-state index in [0.717, 1.165) is 47.7 Å². The molecule has 5 nitrogen and oxygen atoms in total. The summed E-state index contributed by atoms with van der Waals surface area (Å²) in [6, 6.07) is 4.05. The van der Waals surface area contributed by atoms with E-state index in [1.807, 2.05) is 19.9 Å². The molecule has 1 aromatic heterocycles. The second-order valence-electron chi connectivity index (χ2n) is 7.04. The molecular weight excluding hydrogens is 290 g/mol. The van der Waals surface area contributed by atoms with E-state index < -0.39 is 0 Å². The van der Waals surface area contributed by atoms with Gasteiger partial charge in [-0.05, 0) is 26.7 Å². The lowest BCUT2D eigenvalue weighted by Crippen LogP contribution is -2.37. The Bertz CT molecular complexity index is 696. The van der Waals surface area contributed by atoms with Crippen LogP contribution in [-0.4, -0.2) is 28.3 Å². The first-order chi connectivity index (χ1) is 10.9. The molecule has 0 radical (unpaired) electrons. The molecule has 0 aliphatic carbocycles. The fourth-order valence-corrected chi connectivity index (χ4v) is 3.22. The Kier molecular flexibility index (Phi) is 4.23. The summed E-state index contributed by atoms with van der Waals surface area (Å²) in [5, 5.41) is 0. The van der Waals surface area contributed by atoms with Crippen LogP contribution in [0, 0.1) is 0 Å². The van der Waals surface area contributed by atoms with Gasteiger partial charge >= 0.3 is 0 Å². The van der Waals surface area contributed by atoms with E-state index in [9.17, 15) is 0 Å². The van der Waals surface area contributed by atoms with Crippen molar-refractivity contribution >= 4 is 11.0 Å². The lowest BCUT2D eigenvalue weighted by atomic mass is 10.0. The number of ether oxygens (including phenoxy) is 2. The van der Waals surface area contributed by atoms with Gasteiger partial charge < -0.3 is 19.8 Å². The third kappa shape index (κ3) is 3.15. The summed E-state index contributed by atoms with van der Waals surface area (Å²) in [4.78, 5) is 4.92. The molecule has 2 N–H and O–H groups in total. The van der Waals surface area contributed by atoms with Gasteiger partial charge in [-0.15, -0.1) is 0 Å². The molecule has 0 bridgehead atoms. The molecule has 2 heterocycles. The Hall–Kier alpha value is -1.75. The van der Waals surface area contributed by atoms with Gasteiger partial charge in [0.2, 0.25) is 0 Å². The van der Waals surface area contributed by atoms with Crippen molar-refractivity contribution in [2.75, 3.05) is 13.2 Å². The summed E-state index contributed by atoms with van der Waals surface area (Å²) in [6.45, 7) is 10.4. The van der Waals surface area contributed by atoms with E-state index >= 15 is 0 Å². The van der Waals surface area contributed by atoms with Crippen molar-refractivity contribution in [3.63, 3.8) is 0 Å². The molecule has 2 aromatic rings. The third-order valence-electron chi connectivity index (χ3n) is 4.36. The minimum atomic E-state index is -0.304. The smallest absolute Gasteiger partial charge is 0.163 e. The molecule has 0 spiro atoms. The van der Waals surface area contributed by atoms with Crippen LogP contribution in [0.3, 0.4) is 0 Å². The predicted octanol–water partition coefficient (Wildman–Crippen LogP) is 3.45. The summed E-state index contributed by atoms with van der Waals surface area (Å²) in [5.41, 5.74) is 8.04. The molecule has 0 atom stereocenters. The highest BCUT2D eigenvalue weighted by Gasteiger charge is 2.24. The number of rotatable bonds is 5. The molecule has 1 aliphatic rings. The van der Waals surface area contributed by atoms with Gasteiger partial charge in [0.15, 0.2) is 11.5 Å². The van der Waals surface area contributed by atoms with Crippen molar-refractivity contribution in [1.29, 1.82) is 0 Å². The van der Waals surface area contributed by atoms with Gasteiger partial charge in [-0.2, -0.15) is 0 Å². The van der Waals surface area contributed by atoms with E-state index in [1.165, 1.54) is 0 Å². The summed E-state index contributed by atoms with van der Waals surface area (Å²) >= 11 is 0. The highest BCUT2D eigenvalue weighted by molar-refractivity contribution is 5.81. The Morgan fingerprint density at radius 2 is 1.78 bits per heavy atom. The Balaban J connectivity index is 2.18. The molecular formula is C18H27N3O2. The van der Waals surface area contributed by atoms with Crippen molar-refractivity contribution in [2.24, 2.45) is 5.73 Å². The van der Waals surface area contributed by atoms with Crippen molar-refractivity contribution in [1.82, 2.24) is 9.55 Å². The van der Waals surface area contributed by atoms with Crippen LogP contribution in [0.15, 0.2) is 12.1 Å². The fourth-order valence-electron chi connectivity index (χ4n) is 3.22. The minimum absolute atomic E-state index is 0.304.